The van der Waals surface area contributed by atoms with Gasteiger partial charge in [-0.3, -0.25) is 9.59 Å². The lowest BCUT2D eigenvalue weighted by atomic mass is 9.99. The number of anilines is 1. The van der Waals surface area contributed by atoms with Crippen LogP contribution in [0.1, 0.15) is 38.2 Å². The van der Waals surface area contributed by atoms with Crippen molar-refractivity contribution in [2.45, 2.75) is 43.9 Å². The highest BCUT2D eigenvalue weighted by atomic mass is 32.2. The van der Waals surface area contributed by atoms with Crippen molar-refractivity contribution in [1.29, 1.82) is 0 Å². The van der Waals surface area contributed by atoms with E-state index in [0.29, 0.717) is 5.17 Å². The molecule has 1 aromatic carbocycles. The van der Waals surface area contributed by atoms with E-state index < -0.39 is 21.7 Å². The SMILES string of the molecule is CC(C)c1ccccc1N1C(=NC(=O)CCC(=O)O)S[C@@H]2CS(=O)(=O)C[C@@H]21. The standard InChI is InChI=1S/C18H22N2O5S2/c1-11(2)12-5-3-4-6-13(12)20-14-9-27(24,25)10-15(14)26-18(20)19-16(21)7-8-17(22)23/h3-6,11,14-15H,7-10H2,1-2H3,(H,22,23)/t14-,15+/m0/s1. The van der Waals surface area contributed by atoms with Crippen molar-refractivity contribution >= 4 is 44.3 Å². The summed E-state index contributed by atoms with van der Waals surface area (Å²) in [5, 5.41) is 9.04. The number of carboxylic acid groups (broad SMARTS) is 1. The number of carbonyl (C=O) groups excluding carboxylic acids is 1. The molecule has 2 atom stereocenters. The summed E-state index contributed by atoms with van der Waals surface area (Å²) in [6.45, 7) is 4.11. The van der Waals surface area contributed by atoms with Crippen LogP contribution in [0.2, 0.25) is 0 Å². The van der Waals surface area contributed by atoms with Gasteiger partial charge in [0, 0.05) is 17.4 Å². The quantitative estimate of drug-likeness (QED) is 0.794. The van der Waals surface area contributed by atoms with Gasteiger partial charge in [0.2, 0.25) is 5.91 Å². The zero-order valence-corrected chi connectivity index (χ0v) is 16.8. The number of fused-ring (bicyclic) bond motifs is 1. The zero-order chi connectivity index (χ0) is 19.8. The lowest BCUT2D eigenvalue weighted by Crippen LogP contribution is -2.38. The van der Waals surface area contributed by atoms with E-state index in [2.05, 4.69) is 18.8 Å². The predicted octanol–water partition coefficient (Wildman–Crippen LogP) is 2.28. The van der Waals surface area contributed by atoms with Crippen molar-refractivity contribution in [3.05, 3.63) is 29.8 Å². The minimum atomic E-state index is -3.13. The van der Waals surface area contributed by atoms with E-state index in [1.807, 2.05) is 29.2 Å². The van der Waals surface area contributed by atoms with Crippen molar-refractivity contribution in [3.8, 4) is 0 Å². The molecule has 9 heteroatoms. The van der Waals surface area contributed by atoms with Crippen molar-refractivity contribution in [3.63, 3.8) is 0 Å². The van der Waals surface area contributed by atoms with Crippen molar-refractivity contribution in [2.75, 3.05) is 16.4 Å². The van der Waals surface area contributed by atoms with Gasteiger partial charge in [-0.1, -0.05) is 43.8 Å². The highest BCUT2D eigenvalue weighted by molar-refractivity contribution is 8.16. The maximum Gasteiger partial charge on any atom is 0.303 e. The molecule has 2 saturated heterocycles. The maximum absolute atomic E-state index is 12.1. The second-order valence-corrected chi connectivity index (χ2v) is 10.4. The summed E-state index contributed by atoms with van der Waals surface area (Å²) >= 11 is 1.30. The third-order valence-corrected chi connectivity index (χ3v) is 7.87. The Hall–Kier alpha value is -1.87. The van der Waals surface area contributed by atoms with Gasteiger partial charge >= 0.3 is 5.97 Å². The summed E-state index contributed by atoms with van der Waals surface area (Å²) in [6.07, 6.45) is -0.448. The Bertz CT molecular complexity index is 895. The van der Waals surface area contributed by atoms with Crippen LogP contribution in [0.25, 0.3) is 0 Å². The molecule has 2 heterocycles. The van der Waals surface area contributed by atoms with Gasteiger partial charge in [-0.2, -0.15) is 4.99 Å². The fourth-order valence-electron chi connectivity index (χ4n) is 3.42. The molecule has 146 valence electrons. The summed E-state index contributed by atoms with van der Waals surface area (Å²) < 4.78 is 24.3. The van der Waals surface area contributed by atoms with Crippen molar-refractivity contribution < 1.29 is 23.1 Å². The van der Waals surface area contributed by atoms with Gasteiger partial charge in [0.1, 0.15) is 0 Å². The second-order valence-electron chi connectivity index (χ2n) is 7.07. The Morgan fingerprint density at radius 1 is 1.26 bits per heavy atom. The number of para-hydroxylation sites is 1. The van der Waals surface area contributed by atoms with Crippen LogP contribution in [0.3, 0.4) is 0 Å². The molecule has 27 heavy (non-hydrogen) atoms. The van der Waals surface area contributed by atoms with Crippen LogP contribution in [0.15, 0.2) is 29.3 Å². The first kappa shape index (κ1) is 19.9. The topological polar surface area (TPSA) is 104 Å². The van der Waals surface area contributed by atoms with Crippen LogP contribution in [-0.2, 0) is 19.4 Å². The molecule has 2 fully saturated rings. The van der Waals surface area contributed by atoms with Crippen LogP contribution >= 0.6 is 11.8 Å². The molecule has 0 aliphatic carbocycles. The molecule has 0 unspecified atom stereocenters. The minimum Gasteiger partial charge on any atom is -0.481 e. The fraction of sp³-hybridized carbons (Fsp3) is 0.500. The van der Waals surface area contributed by atoms with E-state index in [1.54, 1.807) is 0 Å². The van der Waals surface area contributed by atoms with Crippen LogP contribution in [-0.4, -0.2) is 53.4 Å². The van der Waals surface area contributed by atoms with Gasteiger partial charge in [-0.05, 0) is 17.5 Å². The van der Waals surface area contributed by atoms with Crippen LogP contribution in [0, 0.1) is 0 Å². The molecular weight excluding hydrogens is 388 g/mol. The number of thioether (sulfide) groups is 1. The molecule has 1 aromatic rings. The molecule has 0 bridgehead atoms. The first-order chi connectivity index (χ1) is 12.7. The normalized spacial score (nSPS) is 25.1. The van der Waals surface area contributed by atoms with Crippen LogP contribution in [0.5, 0.6) is 0 Å². The Morgan fingerprint density at radius 2 is 1.96 bits per heavy atom. The van der Waals surface area contributed by atoms with Crippen LogP contribution < -0.4 is 4.90 Å². The molecule has 1 N–H and O–H groups in total. The monoisotopic (exact) mass is 410 g/mol. The van der Waals surface area contributed by atoms with E-state index in [-0.39, 0.29) is 41.6 Å². The Labute approximate surface area is 162 Å². The molecular formula is C18H22N2O5S2. The van der Waals surface area contributed by atoms with Crippen molar-refractivity contribution in [2.24, 2.45) is 4.99 Å². The lowest BCUT2D eigenvalue weighted by molar-refractivity contribution is -0.138. The number of nitrogens with zero attached hydrogens (tertiary/aromatic N) is 2. The summed E-state index contributed by atoms with van der Waals surface area (Å²) in [5.74, 6) is -1.25. The predicted molar refractivity (Wildman–Crippen MR) is 106 cm³/mol. The highest BCUT2D eigenvalue weighted by Crippen LogP contribution is 2.43. The molecule has 2 aliphatic rings. The molecule has 3 rings (SSSR count). The minimum absolute atomic E-state index is 0.0272. The van der Waals surface area contributed by atoms with Gasteiger partial charge in [0.05, 0.1) is 24.0 Å². The van der Waals surface area contributed by atoms with E-state index >= 15 is 0 Å². The van der Waals surface area contributed by atoms with Gasteiger partial charge in [-0.15, -0.1) is 0 Å². The number of carboxylic acids is 1. The Balaban J connectivity index is 1.99. The van der Waals surface area contributed by atoms with Gasteiger partial charge in [-0.25, -0.2) is 8.42 Å². The Kier molecular flexibility index (Phi) is 5.62. The van der Waals surface area contributed by atoms with E-state index in [9.17, 15) is 18.0 Å². The molecule has 0 radical (unpaired) electrons. The molecule has 0 aromatic heterocycles. The summed E-state index contributed by atoms with van der Waals surface area (Å²) in [6, 6.07) is 7.45. The lowest BCUT2D eigenvalue weighted by Gasteiger charge is -2.28. The summed E-state index contributed by atoms with van der Waals surface area (Å²) in [4.78, 5) is 28.8. The smallest absolute Gasteiger partial charge is 0.303 e. The number of amidine groups is 1. The van der Waals surface area contributed by atoms with E-state index in [4.69, 9.17) is 5.11 Å². The van der Waals surface area contributed by atoms with Gasteiger partial charge < -0.3 is 10.0 Å². The molecule has 7 nitrogen and oxygen atoms in total. The zero-order valence-electron chi connectivity index (χ0n) is 15.2. The number of benzene rings is 1. The number of amides is 1. The molecule has 2 aliphatic heterocycles. The number of hydrogen-bond donors (Lipinski definition) is 1. The van der Waals surface area contributed by atoms with E-state index in [1.165, 1.54) is 11.8 Å². The first-order valence-electron chi connectivity index (χ1n) is 8.76. The maximum atomic E-state index is 12.1. The average Bonchev–Trinajstić information content (AvgIpc) is 3.03. The van der Waals surface area contributed by atoms with Gasteiger partial charge in [0.15, 0.2) is 15.0 Å². The number of hydrogen-bond acceptors (Lipinski definition) is 5. The number of rotatable bonds is 5. The number of aliphatic carboxylic acids is 1. The summed E-state index contributed by atoms with van der Waals surface area (Å²) in [5.41, 5.74) is 1.91. The molecule has 0 saturated carbocycles. The molecule has 0 spiro atoms. The third kappa shape index (κ3) is 4.35. The van der Waals surface area contributed by atoms with Crippen LogP contribution in [0.4, 0.5) is 5.69 Å². The number of carbonyl (C=O) groups is 2. The van der Waals surface area contributed by atoms with Gasteiger partial charge in [0.25, 0.3) is 0 Å². The third-order valence-electron chi connectivity index (χ3n) is 4.66. The number of aliphatic imine (C=N–C) groups is 1. The average molecular weight is 411 g/mol. The highest BCUT2D eigenvalue weighted by Gasteiger charge is 2.49. The van der Waals surface area contributed by atoms with E-state index in [0.717, 1.165) is 11.3 Å². The first-order valence-corrected chi connectivity index (χ1v) is 11.5. The second kappa shape index (κ2) is 7.63. The largest absolute Gasteiger partial charge is 0.481 e. The number of sulfone groups is 1. The Morgan fingerprint density at radius 3 is 2.63 bits per heavy atom. The molecule has 1 amide bonds. The van der Waals surface area contributed by atoms with Crippen molar-refractivity contribution in [1.82, 2.24) is 0 Å². The fourth-order valence-corrected chi connectivity index (χ4v) is 7.34. The summed E-state index contributed by atoms with van der Waals surface area (Å²) in [7, 11) is -3.13.